The van der Waals surface area contributed by atoms with E-state index in [-0.39, 0.29) is 5.91 Å². The van der Waals surface area contributed by atoms with Gasteiger partial charge >= 0.3 is 0 Å². The molecule has 2 atom stereocenters. The summed E-state index contributed by atoms with van der Waals surface area (Å²) in [6.45, 7) is 2.51. The Morgan fingerprint density at radius 1 is 1.05 bits per heavy atom. The monoisotopic (exact) mass is 279 g/mol. The van der Waals surface area contributed by atoms with Crippen LogP contribution in [0.5, 0.6) is 0 Å². The number of amides is 1. The summed E-state index contributed by atoms with van der Waals surface area (Å²) in [5.41, 5.74) is 5.39. The molecule has 4 nitrogen and oxygen atoms in total. The third-order valence-corrected chi connectivity index (χ3v) is 5.18. The van der Waals surface area contributed by atoms with Crippen molar-refractivity contribution in [3.63, 3.8) is 0 Å². The summed E-state index contributed by atoms with van der Waals surface area (Å²) in [6, 6.07) is 1.28. The lowest BCUT2D eigenvalue weighted by Crippen LogP contribution is -2.53. The average molecular weight is 279 g/mol. The summed E-state index contributed by atoms with van der Waals surface area (Å²) in [4.78, 5) is 13.5. The Hall–Kier alpha value is -0.610. The minimum absolute atomic E-state index is 0.184. The number of nitrogens with zero attached hydrogens (tertiary/aromatic N) is 1. The smallest absolute Gasteiger partial charge is 0.231 e. The van der Waals surface area contributed by atoms with Crippen molar-refractivity contribution < 1.29 is 4.79 Å². The van der Waals surface area contributed by atoms with Crippen LogP contribution in [0.15, 0.2) is 0 Å². The van der Waals surface area contributed by atoms with Crippen LogP contribution in [0.1, 0.15) is 51.4 Å². The predicted molar refractivity (Wildman–Crippen MR) is 80.3 cm³/mol. The summed E-state index contributed by atoms with van der Waals surface area (Å²) in [5.74, 6) is 1.55. The minimum Gasteiger partial charge on any atom is -0.369 e. The molecular weight excluding hydrogens is 250 g/mol. The fourth-order valence-electron chi connectivity index (χ4n) is 4.19. The Bertz CT molecular complexity index is 337. The number of carbonyl (C=O) groups is 1. The van der Waals surface area contributed by atoms with Crippen LogP contribution in [0, 0.1) is 11.8 Å². The highest BCUT2D eigenvalue weighted by molar-refractivity contribution is 5.75. The molecule has 3 N–H and O–H groups in total. The number of likely N-dealkylation sites (tertiary alicyclic amines) is 1. The van der Waals surface area contributed by atoms with Crippen LogP contribution < -0.4 is 11.1 Å². The highest BCUT2D eigenvalue weighted by Gasteiger charge is 2.33. The molecule has 1 heterocycles. The van der Waals surface area contributed by atoms with E-state index >= 15 is 0 Å². The van der Waals surface area contributed by atoms with Gasteiger partial charge in [0.05, 0.1) is 6.54 Å². The van der Waals surface area contributed by atoms with Gasteiger partial charge in [-0.25, -0.2) is 0 Å². The van der Waals surface area contributed by atoms with E-state index in [4.69, 9.17) is 5.73 Å². The van der Waals surface area contributed by atoms with Crippen molar-refractivity contribution in [2.75, 3.05) is 19.6 Å². The van der Waals surface area contributed by atoms with Crippen LogP contribution in [0.3, 0.4) is 0 Å². The van der Waals surface area contributed by atoms with Crippen molar-refractivity contribution >= 4 is 5.91 Å². The first kappa shape index (κ1) is 14.3. The molecule has 3 fully saturated rings. The minimum atomic E-state index is -0.184. The molecule has 0 radical (unpaired) electrons. The number of carbonyl (C=O) groups excluding carboxylic acids is 1. The van der Waals surface area contributed by atoms with Crippen molar-refractivity contribution in [3.8, 4) is 0 Å². The molecule has 2 aliphatic carbocycles. The molecule has 20 heavy (non-hydrogen) atoms. The molecule has 4 heteroatoms. The summed E-state index contributed by atoms with van der Waals surface area (Å²) in [7, 11) is 0. The lowest BCUT2D eigenvalue weighted by Gasteiger charge is -2.39. The number of hydrogen-bond donors (Lipinski definition) is 2. The van der Waals surface area contributed by atoms with Crippen LogP contribution in [-0.4, -0.2) is 42.5 Å². The third-order valence-electron chi connectivity index (χ3n) is 5.18. The van der Waals surface area contributed by atoms with Gasteiger partial charge in [-0.3, -0.25) is 9.69 Å². The second kappa shape index (κ2) is 6.44. The van der Waals surface area contributed by atoms with Gasteiger partial charge in [-0.2, -0.15) is 0 Å². The number of hydrogen-bond acceptors (Lipinski definition) is 3. The summed E-state index contributed by atoms with van der Waals surface area (Å²) >= 11 is 0. The van der Waals surface area contributed by atoms with Crippen LogP contribution in [-0.2, 0) is 4.79 Å². The molecular formula is C16H29N3O. The van der Waals surface area contributed by atoms with Gasteiger partial charge in [-0.1, -0.05) is 25.7 Å². The Morgan fingerprint density at radius 2 is 1.80 bits per heavy atom. The van der Waals surface area contributed by atoms with Crippen molar-refractivity contribution in [2.24, 2.45) is 17.6 Å². The third kappa shape index (κ3) is 4.19. The van der Waals surface area contributed by atoms with Gasteiger partial charge < -0.3 is 11.1 Å². The maximum absolute atomic E-state index is 11.2. The molecule has 1 saturated heterocycles. The Balaban J connectivity index is 1.54. The van der Waals surface area contributed by atoms with Gasteiger partial charge in [0.15, 0.2) is 0 Å². The highest BCUT2D eigenvalue weighted by Crippen LogP contribution is 2.38. The van der Waals surface area contributed by atoms with Crippen molar-refractivity contribution in [3.05, 3.63) is 0 Å². The second-order valence-corrected chi connectivity index (χ2v) is 7.29. The van der Waals surface area contributed by atoms with Crippen LogP contribution in [0.25, 0.3) is 0 Å². The standard InChI is InChI=1S/C16H29N3O/c17-16(20)11-19-9-13(7-12-5-6-12)8-15(10-19)18-14-3-1-2-4-14/h12-15,18H,1-11H2,(H2,17,20). The van der Waals surface area contributed by atoms with Crippen molar-refractivity contribution in [1.82, 2.24) is 10.2 Å². The number of piperidine rings is 1. The topological polar surface area (TPSA) is 58.4 Å². The normalized spacial score (nSPS) is 32.6. The molecule has 114 valence electrons. The average Bonchev–Trinajstić information content (AvgIpc) is 3.02. The Labute approximate surface area is 122 Å². The number of nitrogens with two attached hydrogens (primary N) is 1. The molecule has 2 unspecified atom stereocenters. The lowest BCUT2D eigenvalue weighted by molar-refractivity contribution is -0.119. The zero-order chi connectivity index (χ0) is 13.9. The number of nitrogens with one attached hydrogen (secondary N) is 1. The SMILES string of the molecule is NC(=O)CN1CC(CC2CC2)CC(NC2CCCC2)C1. The zero-order valence-electron chi connectivity index (χ0n) is 12.5. The van der Waals surface area contributed by atoms with Crippen molar-refractivity contribution in [1.29, 1.82) is 0 Å². The molecule has 1 amide bonds. The molecule has 3 aliphatic rings. The Kier molecular flexibility index (Phi) is 4.61. The summed E-state index contributed by atoms with van der Waals surface area (Å²) in [6.07, 6.45) is 10.9. The quantitative estimate of drug-likeness (QED) is 0.774. The molecule has 0 aromatic carbocycles. The van der Waals surface area contributed by atoms with Gasteiger partial charge in [-0.05, 0) is 37.5 Å². The summed E-state index contributed by atoms with van der Waals surface area (Å²) < 4.78 is 0. The fraction of sp³-hybridized carbons (Fsp3) is 0.938. The van der Waals surface area contributed by atoms with E-state index in [1.807, 2.05) is 0 Å². The van der Waals surface area contributed by atoms with Gasteiger partial charge in [0, 0.05) is 25.2 Å². The van der Waals surface area contributed by atoms with Crippen molar-refractivity contribution in [2.45, 2.75) is 63.5 Å². The van der Waals surface area contributed by atoms with Gasteiger partial charge in [0.25, 0.3) is 0 Å². The first-order chi connectivity index (χ1) is 9.69. The molecule has 3 rings (SSSR count). The number of primary amides is 1. The molecule has 0 aromatic heterocycles. The van der Waals surface area contributed by atoms with Crippen LogP contribution in [0.2, 0.25) is 0 Å². The second-order valence-electron chi connectivity index (χ2n) is 7.29. The van der Waals surface area contributed by atoms with E-state index in [0.29, 0.717) is 12.6 Å². The molecule has 2 saturated carbocycles. The largest absolute Gasteiger partial charge is 0.369 e. The maximum Gasteiger partial charge on any atom is 0.231 e. The molecule has 0 spiro atoms. The van der Waals surface area contributed by atoms with E-state index in [1.165, 1.54) is 51.4 Å². The van der Waals surface area contributed by atoms with E-state index in [1.54, 1.807) is 0 Å². The molecule has 1 aliphatic heterocycles. The van der Waals surface area contributed by atoms with E-state index < -0.39 is 0 Å². The Morgan fingerprint density at radius 3 is 2.45 bits per heavy atom. The molecule has 0 bridgehead atoms. The predicted octanol–water partition coefficient (Wildman–Crippen LogP) is 1.49. The zero-order valence-corrected chi connectivity index (χ0v) is 12.5. The van der Waals surface area contributed by atoms with Crippen LogP contribution >= 0.6 is 0 Å². The first-order valence-electron chi connectivity index (χ1n) is 8.45. The van der Waals surface area contributed by atoms with Gasteiger partial charge in [-0.15, -0.1) is 0 Å². The van der Waals surface area contributed by atoms with Gasteiger partial charge in [0.1, 0.15) is 0 Å². The lowest BCUT2D eigenvalue weighted by atomic mass is 9.89. The maximum atomic E-state index is 11.2. The van der Waals surface area contributed by atoms with E-state index in [9.17, 15) is 4.79 Å². The van der Waals surface area contributed by atoms with Gasteiger partial charge in [0.2, 0.25) is 5.91 Å². The number of rotatable bonds is 6. The summed E-state index contributed by atoms with van der Waals surface area (Å²) in [5, 5.41) is 3.85. The fourth-order valence-corrected chi connectivity index (χ4v) is 4.19. The van der Waals surface area contributed by atoms with E-state index in [2.05, 4.69) is 10.2 Å². The highest BCUT2D eigenvalue weighted by atomic mass is 16.1. The van der Waals surface area contributed by atoms with Crippen LogP contribution in [0.4, 0.5) is 0 Å². The first-order valence-corrected chi connectivity index (χ1v) is 8.45. The molecule has 0 aromatic rings. The van der Waals surface area contributed by atoms with E-state index in [0.717, 1.165) is 31.0 Å².